The first kappa shape index (κ1) is 13.2. The SMILES string of the molecule is NC(=O)C1CCN(C(=S)N[C@H]2C[C@@H]3CC[C@@H]2C3)CC1. The molecular formula is C14H23N3OS. The lowest BCUT2D eigenvalue weighted by molar-refractivity contribution is -0.122. The summed E-state index contributed by atoms with van der Waals surface area (Å²) in [5.74, 6) is 1.66. The molecular weight excluding hydrogens is 258 g/mol. The van der Waals surface area contributed by atoms with E-state index < -0.39 is 0 Å². The zero-order chi connectivity index (χ0) is 13.4. The summed E-state index contributed by atoms with van der Waals surface area (Å²) in [5.41, 5.74) is 5.36. The maximum Gasteiger partial charge on any atom is 0.220 e. The molecule has 1 heterocycles. The Bertz CT molecular complexity index is 379. The molecule has 2 bridgehead atoms. The van der Waals surface area contributed by atoms with Crippen molar-refractivity contribution in [1.82, 2.24) is 10.2 Å². The number of primary amides is 1. The van der Waals surface area contributed by atoms with Crippen LogP contribution in [0.2, 0.25) is 0 Å². The molecule has 1 aliphatic heterocycles. The second-order valence-corrected chi connectivity index (χ2v) is 6.78. The molecule has 3 aliphatic rings. The van der Waals surface area contributed by atoms with E-state index in [0.717, 1.165) is 42.9 Å². The van der Waals surface area contributed by atoms with Crippen molar-refractivity contribution in [2.45, 2.75) is 44.6 Å². The number of hydrogen-bond acceptors (Lipinski definition) is 2. The number of nitrogens with zero attached hydrogens (tertiary/aromatic N) is 1. The van der Waals surface area contributed by atoms with Crippen molar-refractivity contribution < 1.29 is 4.79 Å². The molecule has 0 aromatic carbocycles. The number of fused-ring (bicyclic) bond motifs is 2. The van der Waals surface area contributed by atoms with Crippen molar-refractivity contribution in [3.05, 3.63) is 0 Å². The Kier molecular flexibility index (Phi) is 3.65. The first-order valence-electron chi connectivity index (χ1n) is 7.48. The summed E-state index contributed by atoms with van der Waals surface area (Å²) in [7, 11) is 0. The smallest absolute Gasteiger partial charge is 0.220 e. The topological polar surface area (TPSA) is 58.4 Å². The average Bonchev–Trinajstić information content (AvgIpc) is 3.01. The number of rotatable bonds is 2. The van der Waals surface area contributed by atoms with Crippen LogP contribution in [0.5, 0.6) is 0 Å². The van der Waals surface area contributed by atoms with Crippen molar-refractivity contribution in [2.24, 2.45) is 23.5 Å². The highest BCUT2D eigenvalue weighted by atomic mass is 32.1. The summed E-state index contributed by atoms with van der Waals surface area (Å²) in [6.07, 6.45) is 7.16. The molecule has 2 saturated carbocycles. The quantitative estimate of drug-likeness (QED) is 0.748. The lowest BCUT2D eigenvalue weighted by atomic mass is 9.95. The monoisotopic (exact) mass is 281 g/mol. The highest BCUT2D eigenvalue weighted by Crippen LogP contribution is 2.44. The van der Waals surface area contributed by atoms with Crippen molar-refractivity contribution in [3.8, 4) is 0 Å². The second kappa shape index (κ2) is 5.27. The van der Waals surface area contributed by atoms with Crippen molar-refractivity contribution in [3.63, 3.8) is 0 Å². The predicted molar refractivity (Wildman–Crippen MR) is 78.5 cm³/mol. The molecule has 0 unspecified atom stereocenters. The maximum atomic E-state index is 11.2. The van der Waals surface area contributed by atoms with Gasteiger partial charge in [0.2, 0.25) is 5.91 Å². The van der Waals surface area contributed by atoms with Crippen LogP contribution < -0.4 is 11.1 Å². The number of thiocarbonyl (C=S) groups is 1. The van der Waals surface area contributed by atoms with Crippen molar-refractivity contribution in [2.75, 3.05) is 13.1 Å². The van der Waals surface area contributed by atoms with Gasteiger partial charge in [0, 0.05) is 25.0 Å². The second-order valence-electron chi connectivity index (χ2n) is 6.39. The lowest BCUT2D eigenvalue weighted by Gasteiger charge is -2.35. The molecule has 0 radical (unpaired) electrons. The summed E-state index contributed by atoms with van der Waals surface area (Å²) >= 11 is 5.53. The van der Waals surface area contributed by atoms with Crippen LogP contribution in [-0.4, -0.2) is 35.1 Å². The van der Waals surface area contributed by atoms with Gasteiger partial charge in [-0.15, -0.1) is 0 Å². The summed E-state index contributed by atoms with van der Waals surface area (Å²) < 4.78 is 0. The fourth-order valence-corrected chi connectivity index (χ4v) is 4.37. The zero-order valence-electron chi connectivity index (χ0n) is 11.3. The van der Waals surface area contributed by atoms with Gasteiger partial charge in [0.1, 0.15) is 0 Å². The molecule has 3 atom stereocenters. The van der Waals surface area contributed by atoms with E-state index in [-0.39, 0.29) is 11.8 Å². The van der Waals surface area contributed by atoms with Crippen LogP contribution in [0.3, 0.4) is 0 Å². The van der Waals surface area contributed by atoms with Gasteiger partial charge in [-0.25, -0.2) is 0 Å². The van der Waals surface area contributed by atoms with Gasteiger partial charge >= 0.3 is 0 Å². The van der Waals surface area contributed by atoms with Gasteiger partial charge in [-0.3, -0.25) is 4.79 Å². The number of piperidine rings is 1. The zero-order valence-corrected chi connectivity index (χ0v) is 12.1. The number of hydrogen-bond donors (Lipinski definition) is 2. The third kappa shape index (κ3) is 2.71. The molecule has 5 heteroatoms. The van der Waals surface area contributed by atoms with E-state index in [1.54, 1.807) is 0 Å². The fourth-order valence-electron chi connectivity index (χ4n) is 4.04. The highest BCUT2D eigenvalue weighted by molar-refractivity contribution is 7.80. The van der Waals surface area contributed by atoms with Gasteiger partial charge < -0.3 is 16.0 Å². The minimum Gasteiger partial charge on any atom is -0.369 e. The van der Waals surface area contributed by atoms with Gasteiger partial charge in [0.15, 0.2) is 5.11 Å². The van der Waals surface area contributed by atoms with E-state index in [4.69, 9.17) is 18.0 Å². The molecule has 1 saturated heterocycles. The number of nitrogens with one attached hydrogen (secondary N) is 1. The summed E-state index contributed by atoms with van der Waals surface area (Å²) in [4.78, 5) is 13.4. The average molecular weight is 281 g/mol. The number of carbonyl (C=O) groups excluding carboxylic acids is 1. The van der Waals surface area contributed by atoms with E-state index in [0.29, 0.717) is 6.04 Å². The van der Waals surface area contributed by atoms with Gasteiger partial charge in [-0.1, -0.05) is 6.42 Å². The molecule has 1 amide bonds. The van der Waals surface area contributed by atoms with Crippen LogP contribution in [0.25, 0.3) is 0 Å². The molecule has 0 aromatic heterocycles. The van der Waals surface area contributed by atoms with Gasteiger partial charge in [0.25, 0.3) is 0 Å². The summed E-state index contributed by atoms with van der Waals surface area (Å²) in [5, 5.41) is 4.45. The largest absolute Gasteiger partial charge is 0.369 e. The van der Waals surface area contributed by atoms with Gasteiger partial charge in [0.05, 0.1) is 0 Å². The standard InChI is InChI=1S/C14H23N3OS/c15-13(18)10-3-5-17(6-4-10)14(19)16-12-8-9-1-2-11(12)7-9/h9-12H,1-8H2,(H2,15,18)(H,16,19)/t9-,11-,12+/m1/s1. The van der Waals surface area contributed by atoms with Crippen LogP contribution in [0.4, 0.5) is 0 Å². The van der Waals surface area contributed by atoms with Crippen molar-refractivity contribution >= 4 is 23.2 Å². The molecule has 106 valence electrons. The Morgan fingerprint density at radius 3 is 2.42 bits per heavy atom. The molecule has 0 spiro atoms. The van der Waals surface area contributed by atoms with Crippen LogP contribution in [0.15, 0.2) is 0 Å². The molecule has 3 fully saturated rings. The Labute approximate surface area is 120 Å². The van der Waals surface area contributed by atoms with Crippen LogP contribution in [0, 0.1) is 17.8 Å². The van der Waals surface area contributed by atoms with E-state index in [2.05, 4.69) is 10.2 Å². The van der Waals surface area contributed by atoms with Crippen LogP contribution >= 0.6 is 12.2 Å². The van der Waals surface area contributed by atoms with Crippen LogP contribution in [0.1, 0.15) is 38.5 Å². The first-order valence-corrected chi connectivity index (χ1v) is 7.89. The number of amides is 1. The molecule has 2 aliphatic carbocycles. The Hall–Kier alpha value is -0.840. The molecule has 19 heavy (non-hydrogen) atoms. The summed E-state index contributed by atoms with van der Waals surface area (Å²) in [6, 6.07) is 0.597. The Morgan fingerprint density at radius 1 is 1.16 bits per heavy atom. The summed E-state index contributed by atoms with van der Waals surface area (Å²) in [6.45, 7) is 1.72. The molecule has 4 nitrogen and oxygen atoms in total. The third-order valence-corrected chi connectivity index (χ3v) is 5.61. The number of carbonyl (C=O) groups is 1. The third-order valence-electron chi connectivity index (χ3n) is 5.23. The maximum absolute atomic E-state index is 11.2. The predicted octanol–water partition coefficient (Wildman–Crippen LogP) is 1.25. The Morgan fingerprint density at radius 2 is 1.89 bits per heavy atom. The van der Waals surface area contributed by atoms with E-state index in [9.17, 15) is 4.79 Å². The van der Waals surface area contributed by atoms with Gasteiger partial charge in [-0.05, 0) is 56.2 Å². The lowest BCUT2D eigenvalue weighted by Crippen LogP contribution is -2.50. The normalized spacial score (nSPS) is 34.5. The van der Waals surface area contributed by atoms with Crippen molar-refractivity contribution in [1.29, 1.82) is 0 Å². The van der Waals surface area contributed by atoms with Crippen LogP contribution in [-0.2, 0) is 4.79 Å². The number of nitrogens with two attached hydrogens (primary N) is 1. The van der Waals surface area contributed by atoms with E-state index >= 15 is 0 Å². The minimum atomic E-state index is -0.161. The van der Waals surface area contributed by atoms with E-state index in [1.807, 2.05) is 0 Å². The first-order chi connectivity index (χ1) is 9.13. The fraction of sp³-hybridized carbons (Fsp3) is 0.857. The minimum absolute atomic E-state index is 0.0431. The van der Waals surface area contributed by atoms with E-state index in [1.165, 1.54) is 25.7 Å². The number of likely N-dealkylation sites (tertiary alicyclic amines) is 1. The van der Waals surface area contributed by atoms with Gasteiger partial charge in [-0.2, -0.15) is 0 Å². The molecule has 0 aromatic rings. The highest BCUT2D eigenvalue weighted by Gasteiger charge is 2.40. The molecule has 3 N–H and O–H groups in total. The molecule has 3 rings (SSSR count). The Balaban J connectivity index is 1.48.